The number of anilines is 1. The molecule has 1 amide bonds. The van der Waals surface area contributed by atoms with Crippen LogP contribution >= 0.6 is 0 Å². The van der Waals surface area contributed by atoms with Crippen LogP contribution in [0.2, 0.25) is 0 Å². The van der Waals surface area contributed by atoms with E-state index in [2.05, 4.69) is 19.2 Å². The lowest BCUT2D eigenvalue weighted by Gasteiger charge is -2.10. The topological polar surface area (TPSA) is 85.6 Å². The van der Waals surface area contributed by atoms with E-state index >= 15 is 0 Å². The van der Waals surface area contributed by atoms with E-state index in [-0.39, 0.29) is 34.7 Å². The van der Waals surface area contributed by atoms with Gasteiger partial charge in [0.25, 0.3) is 5.91 Å². The summed E-state index contributed by atoms with van der Waals surface area (Å²) in [6.45, 7) is 4.55. The summed E-state index contributed by atoms with van der Waals surface area (Å²) in [4.78, 5) is 37.8. The number of rotatable bonds is 12. The lowest BCUT2D eigenvalue weighted by molar-refractivity contribution is 0.0462. The van der Waals surface area contributed by atoms with Crippen molar-refractivity contribution in [3.05, 3.63) is 75.6 Å². The predicted octanol–water partition coefficient (Wildman–Crippen LogP) is 6.52. The molecule has 0 atom stereocenters. The number of hydrogen-bond acceptors (Lipinski definition) is 5. The second-order valence-electron chi connectivity index (χ2n) is 8.46. The number of fused-ring (bicyclic) bond motifs is 1. The molecule has 0 unspecified atom stereocenters. The molecule has 34 heavy (non-hydrogen) atoms. The maximum atomic E-state index is 12.8. The van der Waals surface area contributed by atoms with Crippen molar-refractivity contribution < 1.29 is 18.7 Å². The number of ether oxygens (including phenoxy) is 1. The van der Waals surface area contributed by atoms with Crippen molar-refractivity contribution in [1.82, 2.24) is 0 Å². The van der Waals surface area contributed by atoms with Gasteiger partial charge < -0.3 is 14.5 Å². The van der Waals surface area contributed by atoms with Gasteiger partial charge in [-0.15, -0.1) is 0 Å². The summed E-state index contributed by atoms with van der Waals surface area (Å²) in [5.74, 6) is -1.18. The minimum Gasteiger partial charge on any atom is -0.460 e. The smallest absolute Gasteiger partial charge is 0.374 e. The highest BCUT2D eigenvalue weighted by atomic mass is 16.5. The van der Waals surface area contributed by atoms with Gasteiger partial charge in [0.05, 0.1) is 17.7 Å². The van der Waals surface area contributed by atoms with Crippen LogP contribution in [0.5, 0.6) is 0 Å². The average molecular weight is 464 g/mol. The van der Waals surface area contributed by atoms with Crippen molar-refractivity contribution in [3.63, 3.8) is 0 Å². The molecule has 3 rings (SSSR count). The standard InChI is InChI=1S/C28H33NO5/c1-3-5-7-9-18-33-28(32)25-19-24(30)22-12-10-13-23(26(22)34-25)29-27(31)21-16-14-20(15-17-21)11-8-6-4-2/h10,12-17,19H,3-9,11,18H2,1-2H3,(H,29,31). The van der Waals surface area contributed by atoms with Crippen molar-refractivity contribution in [2.24, 2.45) is 0 Å². The van der Waals surface area contributed by atoms with E-state index in [1.165, 1.54) is 18.4 Å². The molecule has 1 N–H and O–H groups in total. The molecule has 0 aliphatic rings. The molecule has 3 aromatic rings. The molecular weight excluding hydrogens is 430 g/mol. The van der Waals surface area contributed by atoms with Crippen molar-refractivity contribution >= 4 is 28.5 Å². The summed E-state index contributed by atoms with van der Waals surface area (Å²) in [5.41, 5.74) is 1.80. The lowest BCUT2D eigenvalue weighted by Crippen LogP contribution is -2.14. The molecule has 0 saturated carbocycles. The van der Waals surface area contributed by atoms with E-state index in [1.807, 2.05) is 12.1 Å². The van der Waals surface area contributed by atoms with Crippen LogP contribution < -0.4 is 10.7 Å². The van der Waals surface area contributed by atoms with E-state index in [1.54, 1.807) is 30.3 Å². The molecule has 0 aliphatic heterocycles. The summed E-state index contributed by atoms with van der Waals surface area (Å²) in [6, 6.07) is 13.5. The Bertz CT molecular complexity index is 1160. The molecule has 6 heteroatoms. The minimum absolute atomic E-state index is 0.150. The predicted molar refractivity (Wildman–Crippen MR) is 135 cm³/mol. The second-order valence-corrected chi connectivity index (χ2v) is 8.46. The summed E-state index contributed by atoms with van der Waals surface area (Å²) >= 11 is 0. The van der Waals surface area contributed by atoms with Crippen LogP contribution in [0, 0.1) is 0 Å². The minimum atomic E-state index is -0.685. The van der Waals surface area contributed by atoms with Gasteiger partial charge in [-0.05, 0) is 49.1 Å². The number of aryl methyl sites for hydroxylation is 1. The van der Waals surface area contributed by atoms with Gasteiger partial charge in [-0.3, -0.25) is 9.59 Å². The van der Waals surface area contributed by atoms with Gasteiger partial charge in [0.2, 0.25) is 5.76 Å². The van der Waals surface area contributed by atoms with Crippen molar-refractivity contribution in [3.8, 4) is 0 Å². The number of benzene rings is 2. The number of carbonyl (C=O) groups excluding carboxylic acids is 2. The van der Waals surface area contributed by atoms with Gasteiger partial charge in [0, 0.05) is 11.6 Å². The van der Waals surface area contributed by atoms with E-state index in [4.69, 9.17) is 9.15 Å². The van der Waals surface area contributed by atoms with E-state index in [0.29, 0.717) is 11.3 Å². The zero-order valence-corrected chi connectivity index (χ0v) is 20.0. The highest BCUT2D eigenvalue weighted by Crippen LogP contribution is 2.23. The second kappa shape index (κ2) is 12.7. The van der Waals surface area contributed by atoms with Crippen LogP contribution in [-0.4, -0.2) is 18.5 Å². The third-order valence-corrected chi connectivity index (χ3v) is 5.72. The van der Waals surface area contributed by atoms with Crippen LogP contribution in [0.1, 0.15) is 85.3 Å². The Morgan fingerprint density at radius 1 is 0.912 bits per heavy atom. The Labute approximate surface area is 200 Å². The number of unbranched alkanes of at least 4 members (excludes halogenated alkanes) is 5. The van der Waals surface area contributed by atoms with E-state index in [0.717, 1.165) is 44.6 Å². The fourth-order valence-corrected chi connectivity index (χ4v) is 3.74. The van der Waals surface area contributed by atoms with Crippen LogP contribution in [-0.2, 0) is 11.2 Å². The SMILES string of the molecule is CCCCCCOC(=O)c1cc(=O)c2cccc(NC(=O)c3ccc(CCCCC)cc3)c2o1. The summed E-state index contributed by atoms with van der Waals surface area (Å²) < 4.78 is 11.0. The van der Waals surface area contributed by atoms with Crippen LogP contribution in [0.25, 0.3) is 11.0 Å². The molecule has 0 bridgehead atoms. The molecule has 0 saturated heterocycles. The Hall–Kier alpha value is -3.41. The monoisotopic (exact) mass is 463 g/mol. The highest BCUT2D eigenvalue weighted by molar-refractivity contribution is 6.08. The molecule has 0 fully saturated rings. The number of hydrogen-bond donors (Lipinski definition) is 1. The summed E-state index contributed by atoms with van der Waals surface area (Å²) in [6.07, 6.45) is 8.36. The molecule has 0 aliphatic carbocycles. The zero-order valence-electron chi connectivity index (χ0n) is 20.0. The maximum absolute atomic E-state index is 12.8. The number of carbonyl (C=O) groups is 2. The Kier molecular flexibility index (Phi) is 9.44. The Balaban J connectivity index is 1.75. The quantitative estimate of drug-likeness (QED) is 0.244. The van der Waals surface area contributed by atoms with Gasteiger partial charge in [0.1, 0.15) is 0 Å². The van der Waals surface area contributed by atoms with E-state index in [9.17, 15) is 14.4 Å². The largest absolute Gasteiger partial charge is 0.460 e. The molecule has 0 spiro atoms. The number of esters is 1. The van der Waals surface area contributed by atoms with Crippen LogP contribution in [0.3, 0.4) is 0 Å². The first kappa shape index (κ1) is 25.2. The Morgan fingerprint density at radius 3 is 2.38 bits per heavy atom. The molecule has 180 valence electrons. The number of amides is 1. The third-order valence-electron chi connectivity index (χ3n) is 5.72. The molecular formula is C28H33NO5. The van der Waals surface area contributed by atoms with Gasteiger partial charge in [-0.1, -0.05) is 64.2 Å². The van der Waals surface area contributed by atoms with Crippen molar-refractivity contribution in [2.45, 2.75) is 65.2 Å². The molecule has 1 aromatic heterocycles. The first-order valence-electron chi connectivity index (χ1n) is 12.2. The molecule has 1 heterocycles. The van der Waals surface area contributed by atoms with Crippen LogP contribution in [0.15, 0.2) is 57.7 Å². The van der Waals surface area contributed by atoms with Crippen LogP contribution in [0.4, 0.5) is 5.69 Å². The normalized spacial score (nSPS) is 10.9. The summed E-state index contributed by atoms with van der Waals surface area (Å²) in [7, 11) is 0. The molecule has 0 radical (unpaired) electrons. The van der Waals surface area contributed by atoms with Gasteiger partial charge in [-0.2, -0.15) is 0 Å². The fraction of sp³-hybridized carbons (Fsp3) is 0.393. The lowest BCUT2D eigenvalue weighted by atomic mass is 10.0. The number of nitrogens with one attached hydrogen (secondary N) is 1. The van der Waals surface area contributed by atoms with Gasteiger partial charge in [-0.25, -0.2) is 4.79 Å². The fourth-order valence-electron chi connectivity index (χ4n) is 3.74. The van der Waals surface area contributed by atoms with Crippen molar-refractivity contribution in [1.29, 1.82) is 0 Å². The number of para-hydroxylation sites is 1. The van der Waals surface area contributed by atoms with E-state index < -0.39 is 5.97 Å². The van der Waals surface area contributed by atoms with Crippen molar-refractivity contribution in [2.75, 3.05) is 11.9 Å². The van der Waals surface area contributed by atoms with Gasteiger partial charge >= 0.3 is 5.97 Å². The average Bonchev–Trinajstić information content (AvgIpc) is 2.84. The first-order valence-corrected chi connectivity index (χ1v) is 12.2. The maximum Gasteiger partial charge on any atom is 0.374 e. The third kappa shape index (κ3) is 6.80. The van der Waals surface area contributed by atoms with Gasteiger partial charge in [0.15, 0.2) is 11.0 Å². The molecule has 6 nitrogen and oxygen atoms in total. The highest BCUT2D eigenvalue weighted by Gasteiger charge is 2.17. The Morgan fingerprint density at radius 2 is 1.65 bits per heavy atom. The first-order chi connectivity index (χ1) is 16.5. The zero-order chi connectivity index (χ0) is 24.3. The summed E-state index contributed by atoms with van der Waals surface area (Å²) in [5, 5.41) is 3.09. The molecule has 2 aromatic carbocycles.